The summed E-state index contributed by atoms with van der Waals surface area (Å²) in [5.74, 6) is -1.75. The number of benzene rings is 3. The third-order valence-electron chi connectivity index (χ3n) is 4.82. The Bertz CT molecular complexity index is 1320. The molecule has 8 heteroatoms. The second-order valence-electron chi connectivity index (χ2n) is 7.20. The lowest BCUT2D eigenvalue weighted by molar-refractivity contribution is -0.136. The van der Waals surface area contributed by atoms with E-state index in [9.17, 15) is 9.59 Å². The largest absolute Gasteiger partial charge is 0.329 e. The lowest BCUT2D eigenvalue weighted by Crippen LogP contribution is -2.32. The molecule has 0 aliphatic rings. The molecule has 0 aliphatic carbocycles. The van der Waals surface area contributed by atoms with Gasteiger partial charge in [-0.15, -0.1) is 0 Å². The monoisotopic (exact) mass is 457 g/mol. The van der Waals surface area contributed by atoms with Crippen LogP contribution in [0, 0.1) is 6.92 Å². The number of halogens is 1. The zero-order chi connectivity index (χ0) is 23.2. The molecule has 2 amide bonds. The van der Waals surface area contributed by atoms with Crippen LogP contribution >= 0.6 is 11.6 Å². The first-order valence-corrected chi connectivity index (χ1v) is 10.5. The Kier molecular flexibility index (Phi) is 6.61. The fourth-order valence-electron chi connectivity index (χ4n) is 3.08. The summed E-state index contributed by atoms with van der Waals surface area (Å²) < 4.78 is 1.74. The Balaban J connectivity index is 1.51. The van der Waals surface area contributed by atoms with Crippen molar-refractivity contribution in [2.75, 3.05) is 5.32 Å². The molecule has 164 valence electrons. The molecule has 0 bridgehead atoms. The van der Waals surface area contributed by atoms with Crippen molar-refractivity contribution in [1.29, 1.82) is 0 Å². The van der Waals surface area contributed by atoms with E-state index in [2.05, 4.69) is 20.9 Å². The molecule has 0 spiro atoms. The lowest BCUT2D eigenvalue weighted by Gasteiger charge is -2.05. The highest BCUT2D eigenvalue weighted by molar-refractivity contribution is 6.39. The van der Waals surface area contributed by atoms with E-state index in [-0.39, 0.29) is 0 Å². The van der Waals surface area contributed by atoms with Crippen LogP contribution in [0.15, 0.2) is 90.2 Å². The number of aryl methyl sites for hydroxylation is 1. The summed E-state index contributed by atoms with van der Waals surface area (Å²) in [6.07, 6.45) is 3.27. The highest BCUT2D eigenvalue weighted by Gasteiger charge is 2.14. The average molecular weight is 458 g/mol. The SMILES string of the molecule is Cc1ccc(NC(=O)C(=O)NN=Cc2cn(-c3ccccc3)nc2-c2ccccc2)cc1Cl. The summed E-state index contributed by atoms with van der Waals surface area (Å²) in [5, 5.41) is 11.6. The molecule has 33 heavy (non-hydrogen) atoms. The number of anilines is 1. The van der Waals surface area contributed by atoms with Crippen molar-refractivity contribution in [1.82, 2.24) is 15.2 Å². The van der Waals surface area contributed by atoms with Gasteiger partial charge in [0.05, 0.1) is 11.9 Å². The quantitative estimate of drug-likeness (QED) is 0.261. The molecular formula is C25H20ClN5O2. The zero-order valence-electron chi connectivity index (χ0n) is 17.7. The molecule has 2 N–H and O–H groups in total. The number of carbonyl (C=O) groups excluding carboxylic acids is 2. The van der Waals surface area contributed by atoms with Crippen LogP contribution in [0.25, 0.3) is 16.9 Å². The van der Waals surface area contributed by atoms with Crippen LogP contribution in [0.2, 0.25) is 5.02 Å². The third kappa shape index (κ3) is 5.34. The van der Waals surface area contributed by atoms with Crippen molar-refractivity contribution in [3.05, 3.63) is 101 Å². The summed E-state index contributed by atoms with van der Waals surface area (Å²) in [4.78, 5) is 24.4. The highest BCUT2D eigenvalue weighted by Crippen LogP contribution is 2.22. The first kappa shape index (κ1) is 22.0. The minimum absolute atomic E-state index is 0.422. The van der Waals surface area contributed by atoms with E-state index in [1.807, 2.05) is 73.8 Å². The smallest absolute Gasteiger partial charge is 0.318 e. The van der Waals surface area contributed by atoms with E-state index >= 15 is 0 Å². The molecule has 0 saturated carbocycles. The topological polar surface area (TPSA) is 88.4 Å². The lowest BCUT2D eigenvalue weighted by atomic mass is 10.1. The Morgan fingerprint density at radius 2 is 1.67 bits per heavy atom. The van der Waals surface area contributed by atoms with Crippen LogP contribution in [0.3, 0.4) is 0 Å². The fourth-order valence-corrected chi connectivity index (χ4v) is 3.27. The van der Waals surface area contributed by atoms with Crippen LogP contribution in [-0.4, -0.2) is 27.8 Å². The van der Waals surface area contributed by atoms with Crippen molar-refractivity contribution in [2.45, 2.75) is 6.92 Å². The molecule has 7 nitrogen and oxygen atoms in total. The Labute approximate surface area is 195 Å². The number of rotatable bonds is 5. The van der Waals surface area contributed by atoms with E-state index in [0.29, 0.717) is 22.0 Å². The van der Waals surface area contributed by atoms with E-state index in [1.165, 1.54) is 6.21 Å². The van der Waals surface area contributed by atoms with Crippen molar-refractivity contribution in [3.8, 4) is 16.9 Å². The standard InChI is InChI=1S/C25H20ClN5O2/c1-17-12-13-20(14-22(17)26)28-24(32)25(33)29-27-15-19-16-31(21-10-6-3-7-11-21)30-23(19)18-8-4-2-5-9-18/h2-16H,1H3,(H,28,32)(H,29,33). The number of hydrazone groups is 1. The molecule has 3 aromatic carbocycles. The minimum Gasteiger partial charge on any atom is -0.318 e. The van der Waals surface area contributed by atoms with Crippen LogP contribution in [0.5, 0.6) is 0 Å². The van der Waals surface area contributed by atoms with Crippen LogP contribution in [0.1, 0.15) is 11.1 Å². The molecule has 1 aromatic heterocycles. The molecule has 1 heterocycles. The van der Waals surface area contributed by atoms with Gasteiger partial charge in [0.1, 0.15) is 5.69 Å². The number of nitrogens with zero attached hydrogens (tertiary/aromatic N) is 3. The van der Waals surface area contributed by atoms with Gasteiger partial charge < -0.3 is 5.32 Å². The van der Waals surface area contributed by atoms with Crippen molar-refractivity contribution in [2.24, 2.45) is 5.10 Å². The average Bonchev–Trinajstić information content (AvgIpc) is 3.26. The van der Waals surface area contributed by atoms with Gasteiger partial charge in [-0.25, -0.2) is 10.1 Å². The highest BCUT2D eigenvalue weighted by atomic mass is 35.5. The van der Waals surface area contributed by atoms with Gasteiger partial charge in [-0.2, -0.15) is 10.2 Å². The number of amides is 2. The summed E-state index contributed by atoms with van der Waals surface area (Å²) in [6.45, 7) is 1.85. The molecule has 0 atom stereocenters. The third-order valence-corrected chi connectivity index (χ3v) is 5.22. The summed E-state index contributed by atoms with van der Waals surface area (Å²) >= 11 is 6.06. The predicted molar refractivity (Wildman–Crippen MR) is 130 cm³/mol. The number of aromatic nitrogens is 2. The normalized spacial score (nSPS) is 10.8. The predicted octanol–water partition coefficient (Wildman–Crippen LogP) is 4.59. The Morgan fingerprint density at radius 3 is 2.36 bits per heavy atom. The first-order chi connectivity index (χ1) is 16.0. The van der Waals surface area contributed by atoms with Gasteiger partial charge in [-0.1, -0.05) is 66.2 Å². The van der Waals surface area contributed by atoms with Gasteiger partial charge in [0.15, 0.2) is 0 Å². The molecule has 4 aromatic rings. The number of hydrogen-bond acceptors (Lipinski definition) is 4. The minimum atomic E-state index is -0.903. The molecule has 0 unspecified atom stereocenters. The van der Waals surface area contributed by atoms with E-state index in [0.717, 1.165) is 16.8 Å². The van der Waals surface area contributed by atoms with Crippen molar-refractivity contribution < 1.29 is 9.59 Å². The maximum Gasteiger partial charge on any atom is 0.329 e. The Hall–Kier alpha value is -4.23. The van der Waals surface area contributed by atoms with E-state index in [1.54, 1.807) is 22.9 Å². The van der Waals surface area contributed by atoms with Gasteiger partial charge in [-0.05, 0) is 36.8 Å². The number of para-hydroxylation sites is 1. The number of nitrogens with one attached hydrogen (secondary N) is 2. The molecule has 0 aliphatic heterocycles. The Morgan fingerprint density at radius 1 is 0.970 bits per heavy atom. The van der Waals surface area contributed by atoms with Crippen LogP contribution < -0.4 is 10.7 Å². The van der Waals surface area contributed by atoms with Crippen LogP contribution in [-0.2, 0) is 9.59 Å². The molecule has 0 saturated heterocycles. The maximum atomic E-state index is 12.2. The first-order valence-electron chi connectivity index (χ1n) is 10.1. The van der Waals surface area contributed by atoms with Crippen molar-refractivity contribution in [3.63, 3.8) is 0 Å². The van der Waals surface area contributed by atoms with Crippen molar-refractivity contribution >= 4 is 35.3 Å². The van der Waals surface area contributed by atoms with E-state index in [4.69, 9.17) is 11.6 Å². The second kappa shape index (κ2) is 9.93. The van der Waals surface area contributed by atoms with Crippen LogP contribution in [0.4, 0.5) is 5.69 Å². The maximum absolute atomic E-state index is 12.2. The van der Waals surface area contributed by atoms with Gasteiger partial charge in [-0.3, -0.25) is 9.59 Å². The molecule has 4 rings (SSSR count). The summed E-state index contributed by atoms with van der Waals surface area (Å²) in [7, 11) is 0. The van der Waals surface area contributed by atoms with Gasteiger partial charge >= 0.3 is 11.8 Å². The second-order valence-corrected chi connectivity index (χ2v) is 7.60. The van der Waals surface area contributed by atoms with Gasteiger partial charge in [0, 0.05) is 28.0 Å². The van der Waals surface area contributed by atoms with E-state index < -0.39 is 11.8 Å². The molecule has 0 radical (unpaired) electrons. The fraction of sp³-hybridized carbons (Fsp3) is 0.0400. The molecule has 0 fully saturated rings. The summed E-state index contributed by atoms with van der Waals surface area (Å²) in [6, 6.07) is 24.3. The van der Waals surface area contributed by atoms with Gasteiger partial charge in [0.25, 0.3) is 0 Å². The number of carbonyl (C=O) groups is 2. The zero-order valence-corrected chi connectivity index (χ0v) is 18.5. The number of hydrogen-bond donors (Lipinski definition) is 2. The molecular weight excluding hydrogens is 438 g/mol. The summed E-state index contributed by atoms with van der Waals surface area (Å²) in [5.41, 5.74) is 6.69. The van der Waals surface area contributed by atoms with Gasteiger partial charge in [0.2, 0.25) is 0 Å².